The molecule has 170 valence electrons. The van der Waals surface area contributed by atoms with Crippen molar-refractivity contribution in [2.45, 2.75) is 110 Å². The van der Waals surface area contributed by atoms with Gasteiger partial charge in [-0.05, 0) is 99.9 Å². The molecule has 30 heavy (non-hydrogen) atoms. The van der Waals surface area contributed by atoms with E-state index in [2.05, 4.69) is 39.5 Å². The summed E-state index contributed by atoms with van der Waals surface area (Å²) in [5.74, 6) is 1.13. The summed E-state index contributed by atoms with van der Waals surface area (Å²) in [4.78, 5) is 0. The molecule has 0 aromatic rings. The molecule has 0 spiro atoms. The third-order valence-electron chi connectivity index (χ3n) is 8.55. The Bertz CT molecular complexity index is 686. The van der Waals surface area contributed by atoms with E-state index in [1.165, 1.54) is 11.1 Å². The van der Waals surface area contributed by atoms with Crippen molar-refractivity contribution in [3.05, 3.63) is 35.5 Å². The zero-order valence-corrected chi connectivity index (χ0v) is 19.7. The zero-order chi connectivity index (χ0) is 22.1. The number of hydrogen-bond acceptors (Lipinski definition) is 3. The van der Waals surface area contributed by atoms with Gasteiger partial charge in [-0.25, -0.2) is 0 Å². The van der Waals surface area contributed by atoms with Crippen LogP contribution in [0.1, 0.15) is 91.9 Å². The average Bonchev–Trinajstić information content (AvgIpc) is 3.04. The second kappa shape index (κ2) is 9.30. The molecule has 0 aromatic carbocycles. The van der Waals surface area contributed by atoms with Crippen LogP contribution < -0.4 is 0 Å². The van der Waals surface area contributed by atoms with Gasteiger partial charge in [-0.3, -0.25) is 0 Å². The van der Waals surface area contributed by atoms with Crippen LogP contribution in [0.15, 0.2) is 35.5 Å². The molecular weight excluding hydrogens is 372 g/mol. The summed E-state index contributed by atoms with van der Waals surface area (Å²) in [5, 5.41) is 32.4. The summed E-state index contributed by atoms with van der Waals surface area (Å²) >= 11 is 0. The predicted molar refractivity (Wildman–Crippen MR) is 124 cm³/mol. The van der Waals surface area contributed by atoms with E-state index in [0.29, 0.717) is 24.7 Å². The van der Waals surface area contributed by atoms with Crippen LogP contribution in [-0.2, 0) is 0 Å². The molecular formula is C27H44O3. The smallest absolute Gasteiger partial charge is 0.0910 e. The molecule has 3 heteroatoms. The molecule has 3 nitrogen and oxygen atoms in total. The lowest BCUT2D eigenvalue weighted by atomic mass is 9.59. The molecule has 0 aliphatic heterocycles. The highest BCUT2D eigenvalue weighted by molar-refractivity contribution is 5.36. The second-order valence-corrected chi connectivity index (χ2v) is 11.2. The number of fused-ring (bicyclic) bond motifs is 1. The van der Waals surface area contributed by atoms with Crippen molar-refractivity contribution in [2.24, 2.45) is 23.2 Å². The van der Waals surface area contributed by atoms with Crippen LogP contribution in [0, 0.1) is 23.2 Å². The zero-order valence-electron chi connectivity index (χ0n) is 19.7. The number of aliphatic hydroxyl groups excluding tert-OH is 2. The molecule has 3 N–H and O–H groups in total. The van der Waals surface area contributed by atoms with Gasteiger partial charge < -0.3 is 15.3 Å². The fourth-order valence-electron chi connectivity index (χ4n) is 6.61. The monoisotopic (exact) mass is 416 g/mol. The van der Waals surface area contributed by atoms with E-state index in [9.17, 15) is 15.3 Å². The average molecular weight is 417 g/mol. The quantitative estimate of drug-likeness (QED) is 0.520. The normalized spacial score (nSPS) is 38.1. The summed E-state index contributed by atoms with van der Waals surface area (Å²) < 4.78 is 0. The highest BCUT2D eigenvalue weighted by atomic mass is 16.3. The van der Waals surface area contributed by atoms with Gasteiger partial charge in [0.15, 0.2) is 0 Å². The Balaban J connectivity index is 1.78. The number of hydrogen-bond donors (Lipinski definition) is 3. The largest absolute Gasteiger partial charge is 0.393 e. The van der Waals surface area contributed by atoms with Crippen LogP contribution in [0.5, 0.6) is 0 Å². The van der Waals surface area contributed by atoms with Crippen molar-refractivity contribution < 1.29 is 15.3 Å². The standard InChI is InChI=1S/C27H44O3/c1-18(2)8-15-25(29)27(5,30)24-14-13-23-20(7-6-16-26(23,24)4)10-11-21-17-22(28)12-9-19(21)3/h10-11,18,22-25,28-30H,3,6-9,12-17H2,1-2,4-5H3/b20-10?,21-11-/t22-,23?,24-,25?,26-,27+/m0/s1. The van der Waals surface area contributed by atoms with Gasteiger partial charge in [0.05, 0.1) is 17.8 Å². The SMILES string of the molecule is C=C1CC[C@H](O)C/C1=C/C=C1CCC[C@@]2(C)C1CC[C@@H]2[C@@](C)(O)C(O)CCC(C)C. The third kappa shape index (κ3) is 4.79. The van der Waals surface area contributed by atoms with Gasteiger partial charge >= 0.3 is 0 Å². The molecule has 3 saturated carbocycles. The maximum absolute atomic E-state index is 11.5. The fourth-order valence-corrected chi connectivity index (χ4v) is 6.61. The maximum Gasteiger partial charge on any atom is 0.0910 e. The van der Waals surface area contributed by atoms with E-state index in [1.54, 1.807) is 0 Å². The Morgan fingerprint density at radius 2 is 1.90 bits per heavy atom. The highest BCUT2D eigenvalue weighted by Gasteiger charge is 2.56. The van der Waals surface area contributed by atoms with Crippen LogP contribution in [0.2, 0.25) is 0 Å². The van der Waals surface area contributed by atoms with Gasteiger partial charge in [-0.1, -0.05) is 50.6 Å². The topological polar surface area (TPSA) is 60.7 Å². The molecule has 0 heterocycles. The van der Waals surface area contributed by atoms with Gasteiger partial charge in [-0.15, -0.1) is 0 Å². The second-order valence-electron chi connectivity index (χ2n) is 11.2. The lowest BCUT2D eigenvalue weighted by Crippen LogP contribution is -2.52. The summed E-state index contributed by atoms with van der Waals surface area (Å²) in [6.07, 6.45) is 13.1. The first-order valence-electron chi connectivity index (χ1n) is 12.2. The van der Waals surface area contributed by atoms with Crippen LogP contribution >= 0.6 is 0 Å². The van der Waals surface area contributed by atoms with Gasteiger partial charge in [-0.2, -0.15) is 0 Å². The Hall–Kier alpha value is -0.900. The highest BCUT2D eigenvalue weighted by Crippen LogP contribution is 2.60. The van der Waals surface area contributed by atoms with Crippen LogP contribution in [0.25, 0.3) is 0 Å². The predicted octanol–water partition coefficient (Wildman–Crippen LogP) is 5.70. The maximum atomic E-state index is 11.5. The first kappa shape index (κ1) is 23.8. The lowest BCUT2D eigenvalue weighted by Gasteiger charge is -2.48. The number of rotatable bonds is 6. The van der Waals surface area contributed by atoms with E-state index in [1.807, 2.05) is 6.92 Å². The van der Waals surface area contributed by atoms with Gasteiger partial charge in [0.1, 0.15) is 0 Å². The Kier molecular flexibility index (Phi) is 7.37. The molecule has 0 saturated heterocycles. The van der Waals surface area contributed by atoms with Crippen LogP contribution in [-0.4, -0.2) is 33.1 Å². The Morgan fingerprint density at radius 3 is 2.60 bits per heavy atom. The van der Waals surface area contributed by atoms with Crippen LogP contribution in [0.3, 0.4) is 0 Å². The minimum absolute atomic E-state index is 0.0357. The third-order valence-corrected chi connectivity index (χ3v) is 8.55. The van der Waals surface area contributed by atoms with Crippen molar-refractivity contribution in [2.75, 3.05) is 0 Å². The number of allylic oxidation sites excluding steroid dienone is 4. The molecule has 3 aliphatic carbocycles. The van der Waals surface area contributed by atoms with Gasteiger partial charge in [0, 0.05) is 0 Å². The summed E-state index contributed by atoms with van der Waals surface area (Å²) in [5.41, 5.74) is 2.84. The first-order valence-corrected chi connectivity index (χ1v) is 12.2. The molecule has 3 aliphatic rings. The molecule has 0 amide bonds. The molecule has 0 radical (unpaired) electrons. The minimum Gasteiger partial charge on any atom is -0.393 e. The van der Waals surface area contributed by atoms with E-state index in [0.717, 1.165) is 56.9 Å². The van der Waals surface area contributed by atoms with E-state index >= 15 is 0 Å². The summed E-state index contributed by atoms with van der Waals surface area (Å²) in [6, 6.07) is 0. The van der Waals surface area contributed by atoms with Crippen molar-refractivity contribution >= 4 is 0 Å². The van der Waals surface area contributed by atoms with E-state index < -0.39 is 11.7 Å². The van der Waals surface area contributed by atoms with Gasteiger partial charge in [0.2, 0.25) is 0 Å². The van der Waals surface area contributed by atoms with Crippen molar-refractivity contribution in [1.82, 2.24) is 0 Å². The van der Waals surface area contributed by atoms with E-state index in [4.69, 9.17) is 0 Å². The van der Waals surface area contributed by atoms with Crippen molar-refractivity contribution in [3.8, 4) is 0 Å². The van der Waals surface area contributed by atoms with Crippen molar-refractivity contribution in [3.63, 3.8) is 0 Å². The molecule has 3 fully saturated rings. The van der Waals surface area contributed by atoms with E-state index in [-0.39, 0.29) is 17.4 Å². The minimum atomic E-state index is -1.04. The molecule has 3 rings (SSSR count). The fraction of sp³-hybridized carbons (Fsp3) is 0.778. The van der Waals surface area contributed by atoms with Crippen molar-refractivity contribution in [1.29, 1.82) is 0 Å². The Labute approximate surface area is 184 Å². The molecule has 2 unspecified atom stereocenters. The summed E-state index contributed by atoms with van der Waals surface area (Å²) in [6.45, 7) is 12.8. The van der Waals surface area contributed by atoms with Crippen LogP contribution in [0.4, 0.5) is 0 Å². The number of aliphatic hydroxyl groups is 3. The molecule has 6 atom stereocenters. The Morgan fingerprint density at radius 1 is 1.17 bits per heavy atom. The molecule has 0 bridgehead atoms. The first-order chi connectivity index (χ1) is 14.1. The lowest BCUT2D eigenvalue weighted by molar-refractivity contribution is -0.135. The van der Waals surface area contributed by atoms with Gasteiger partial charge in [0.25, 0.3) is 0 Å². The summed E-state index contributed by atoms with van der Waals surface area (Å²) in [7, 11) is 0. The molecule has 0 aromatic heterocycles.